The van der Waals surface area contributed by atoms with Gasteiger partial charge in [0.1, 0.15) is 30.0 Å². The first kappa shape index (κ1) is 28.3. The van der Waals surface area contributed by atoms with Crippen LogP contribution in [0.2, 0.25) is 0 Å². The Bertz CT molecular complexity index is 1790. The number of anilines is 1. The normalized spacial score (nSPS) is 18.9. The number of aliphatic hydroxyl groups is 1. The highest BCUT2D eigenvalue weighted by atomic mass is 32.1. The second-order valence-electron chi connectivity index (χ2n) is 10.2. The van der Waals surface area contributed by atoms with Crippen molar-refractivity contribution in [2.24, 2.45) is 0 Å². The van der Waals surface area contributed by atoms with E-state index in [2.05, 4.69) is 6.58 Å². The van der Waals surface area contributed by atoms with Gasteiger partial charge in [0.2, 0.25) is 0 Å². The smallest absolute Gasteiger partial charge is 0.301 e. The minimum atomic E-state index is -0.987. The van der Waals surface area contributed by atoms with E-state index < -0.39 is 17.7 Å². The van der Waals surface area contributed by atoms with E-state index in [9.17, 15) is 14.7 Å². The lowest BCUT2D eigenvalue weighted by Crippen LogP contribution is -2.29. The summed E-state index contributed by atoms with van der Waals surface area (Å²) in [5.41, 5.74) is 2.49. The largest absolute Gasteiger partial charge is 0.507 e. The SMILES string of the molecule is C=CCOc1ccc([C@H]2/C(=C(\O)c3ccc4c(c3)C[C@@H](C)O4)C(=O)C(=O)N2c2nc3ccc(OC)cc3s2)cc1OCC. The summed E-state index contributed by atoms with van der Waals surface area (Å²) >= 11 is 1.26. The molecule has 3 aromatic carbocycles. The molecule has 0 saturated carbocycles. The number of methoxy groups -OCH3 is 1. The van der Waals surface area contributed by atoms with E-state index in [0.717, 1.165) is 16.0 Å². The quantitative estimate of drug-likeness (QED) is 0.105. The van der Waals surface area contributed by atoms with Crippen LogP contribution in [0.1, 0.15) is 36.6 Å². The fourth-order valence-corrected chi connectivity index (χ4v) is 6.44. The van der Waals surface area contributed by atoms with Crippen molar-refractivity contribution in [3.8, 4) is 23.0 Å². The molecule has 2 aliphatic heterocycles. The fourth-order valence-electron chi connectivity index (χ4n) is 5.42. The number of fused-ring (bicyclic) bond motifs is 2. The Morgan fingerprint density at radius 3 is 2.74 bits per heavy atom. The first-order valence-corrected chi connectivity index (χ1v) is 14.7. The molecular weight excluding hydrogens is 568 g/mol. The van der Waals surface area contributed by atoms with Crippen LogP contribution < -0.4 is 23.8 Å². The zero-order chi connectivity index (χ0) is 30.2. The fraction of sp³-hybridized carbons (Fsp3) is 0.242. The van der Waals surface area contributed by atoms with Gasteiger partial charge in [-0.05, 0) is 73.5 Å². The summed E-state index contributed by atoms with van der Waals surface area (Å²) in [6.45, 7) is 8.16. The second kappa shape index (κ2) is 11.4. The van der Waals surface area contributed by atoms with Crippen LogP contribution in [-0.4, -0.2) is 48.2 Å². The zero-order valence-corrected chi connectivity index (χ0v) is 24.8. The van der Waals surface area contributed by atoms with Crippen molar-refractivity contribution in [1.29, 1.82) is 0 Å². The molecule has 0 spiro atoms. The third-order valence-electron chi connectivity index (χ3n) is 7.34. The number of hydrogen-bond acceptors (Lipinski definition) is 9. The number of thiazole rings is 1. The average Bonchev–Trinajstić information content (AvgIpc) is 3.67. The van der Waals surface area contributed by atoms with Crippen LogP contribution in [0.4, 0.5) is 5.13 Å². The van der Waals surface area contributed by atoms with Crippen molar-refractivity contribution in [2.75, 3.05) is 25.2 Å². The number of ketones is 1. The number of carbonyl (C=O) groups is 2. The first-order chi connectivity index (χ1) is 20.8. The molecule has 1 amide bonds. The highest BCUT2D eigenvalue weighted by Crippen LogP contribution is 2.46. The van der Waals surface area contributed by atoms with Gasteiger partial charge >= 0.3 is 5.91 Å². The molecule has 1 saturated heterocycles. The van der Waals surface area contributed by atoms with E-state index in [1.165, 1.54) is 16.2 Å². The Kier molecular flexibility index (Phi) is 7.53. The molecule has 1 aromatic heterocycles. The number of rotatable bonds is 9. The summed E-state index contributed by atoms with van der Waals surface area (Å²) in [6.07, 6.45) is 2.31. The van der Waals surface area contributed by atoms with Crippen LogP contribution in [0, 0.1) is 0 Å². The molecular formula is C33H30N2O7S. The molecule has 1 fully saturated rings. The number of hydrogen-bond donors (Lipinski definition) is 1. The van der Waals surface area contributed by atoms with Crippen LogP contribution >= 0.6 is 11.3 Å². The minimum absolute atomic E-state index is 0.00875. The van der Waals surface area contributed by atoms with Gasteiger partial charge in [0.05, 0.1) is 35.5 Å². The lowest BCUT2D eigenvalue weighted by molar-refractivity contribution is -0.132. The van der Waals surface area contributed by atoms with Crippen LogP contribution in [0.3, 0.4) is 0 Å². The summed E-state index contributed by atoms with van der Waals surface area (Å²) in [6, 6.07) is 14.9. The highest BCUT2D eigenvalue weighted by Gasteiger charge is 2.48. The van der Waals surface area contributed by atoms with Crippen LogP contribution in [0.15, 0.2) is 72.8 Å². The van der Waals surface area contributed by atoms with Crippen molar-refractivity contribution >= 4 is 44.1 Å². The molecule has 0 aliphatic carbocycles. The number of ether oxygens (including phenoxy) is 4. The average molecular weight is 599 g/mol. The molecule has 43 heavy (non-hydrogen) atoms. The van der Waals surface area contributed by atoms with E-state index in [4.69, 9.17) is 23.9 Å². The molecule has 220 valence electrons. The maximum absolute atomic E-state index is 13.8. The van der Waals surface area contributed by atoms with Gasteiger partial charge in [0, 0.05) is 12.0 Å². The van der Waals surface area contributed by atoms with Crippen molar-refractivity contribution in [3.05, 3.63) is 89.5 Å². The van der Waals surface area contributed by atoms with Gasteiger partial charge in [-0.15, -0.1) is 0 Å². The molecule has 0 unspecified atom stereocenters. The Labute approximate surface area is 252 Å². The third kappa shape index (κ3) is 5.08. The number of Topliss-reactive ketones (excluding diaryl/α,β-unsaturated/α-hetero) is 1. The molecule has 0 radical (unpaired) electrons. The molecule has 2 aliphatic rings. The summed E-state index contributed by atoms with van der Waals surface area (Å²) in [5.74, 6) is 0.429. The summed E-state index contributed by atoms with van der Waals surface area (Å²) < 4.78 is 23.6. The van der Waals surface area contributed by atoms with Crippen molar-refractivity contribution in [1.82, 2.24) is 4.98 Å². The molecule has 9 nitrogen and oxygen atoms in total. The van der Waals surface area contributed by atoms with E-state index in [0.29, 0.717) is 52.1 Å². The molecule has 4 aromatic rings. The Morgan fingerprint density at radius 2 is 1.98 bits per heavy atom. The zero-order valence-electron chi connectivity index (χ0n) is 24.0. The molecule has 1 N–H and O–H groups in total. The van der Waals surface area contributed by atoms with E-state index >= 15 is 0 Å². The number of carbonyl (C=O) groups excluding carboxylic acids is 2. The van der Waals surface area contributed by atoms with E-state index in [1.54, 1.807) is 61.7 Å². The number of aromatic nitrogens is 1. The molecule has 6 rings (SSSR count). The Morgan fingerprint density at radius 1 is 1.14 bits per heavy atom. The van der Waals surface area contributed by atoms with Gasteiger partial charge < -0.3 is 24.1 Å². The predicted molar refractivity (Wildman–Crippen MR) is 164 cm³/mol. The number of amides is 1. The number of benzene rings is 3. The molecule has 10 heteroatoms. The summed E-state index contributed by atoms with van der Waals surface area (Å²) in [7, 11) is 1.58. The predicted octanol–water partition coefficient (Wildman–Crippen LogP) is 6.22. The number of aliphatic hydroxyl groups excluding tert-OH is 1. The molecule has 2 atom stereocenters. The van der Waals surface area contributed by atoms with Gasteiger partial charge in [-0.1, -0.05) is 30.1 Å². The Hall–Kier alpha value is -4.83. The van der Waals surface area contributed by atoms with Gasteiger partial charge in [-0.3, -0.25) is 14.5 Å². The second-order valence-corrected chi connectivity index (χ2v) is 11.2. The maximum Gasteiger partial charge on any atom is 0.301 e. The number of nitrogens with zero attached hydrogens (tertiary/aromatic N) is 2. The topological polar surface area (TPSA) is 107 Å². The minimum Gasteiger partial charge on any atom is -0.507 e. The van der Waals surface area contributed by atoms with Gasteiger partial charge in [-0.2, -0.15) is 0 Å². The van der Waals surface area contributed by atoms with E-state index in [-0.39, 0.29) is 24.0 Å². The summed E-state index contributed by atoms with van der Waals surface area (Å²) in [4.78, 5) is 33.6. The van der Waals surface area contributed by atoms with Gasteiger partial charge in [-0.25, -0.2) is 4.98 Å². The third-order valence-corrected chi connectivity index (χ3v) is 8.36. The highest BCUT2D eigenvalue weighted by molar-refractivity contribution is 7.22. The van der Waals surface area contributed by atoms with Gasteiger partial charge in [0.25, 0.3) is 5.78 Å². The van der Waals surface area contributed by atoms with Crippen LogP contribution in [-0.2, 0) is 16.0 Å². The maximum atomic E-state index is 13.8. The Balaban J connectivity index is 1.53. The van der Waals surface area contributed by atoms with Crippen LogP contribution in [0.25, 0.3) is 16.0 Å². The monoisotopic (exact) mass is 598 g/mol. The van der Waals surface area contributed by atoms with Crippen molar-refractivity contribution in [3.63, 3.8) is 0 Å². The first-order valence-electron chi connectivity index (χ1n) is 13.9. The lowest BCUT2D eigenvalue weighted by atomic mass is 9.94. The van der Waals surface area contributed by atoms with E-state index in [1.807, 2.05) is 19.9 Å². The molecule has 0 bridgehead atoms. The van der Waals surface area contributed by atoms with Crippen molar-refractivity contribution < 1.29 is 33.6 Å². The lowest BCUT2D eigenvalue weighted by Gasteiger charge is -2.24. The van der Waals surface area contributed by atoms with Crippen LogP contribution in [0.5, 0.6) is 23.0 Å². The molecule has 3 heterocycles. The summed E-state index contributed by atoms with van der Waals surface area (Å²) in [5, 5.41) is 12.0. The van der Waals surface area contributed by atoms with Crippen molar-refractivity contribution in [2.45, 2.75) is 32.4 Å². The van der Waals surface area contributed by atoms with Gasteiger partial charge in [0.15, 0.2) is 16.6 Å². The standard InChI is InChI=1S/C33H30N2O7S/c1-5-13-41-25-12-7-19(16-26(25)40-6-2)29-28(30(36)20-8-11-24-21(15-20)14-18(3)42-24)31(37)32(38)35(29)33-34-23-10-9-22(39-4)17-27(23)43-33/h5,7-12,15-18,29,36H,1,6,13-14H2,2-4H3/b30-28+/t18-,29+/m1/s1.